The average Bonchev–Trinajstić information content (AvgIpc) is 2.99. The highest BCUT2D eigenvalue weighted by atomic mass is 32.2. The van der Waals surface area contributed by atoms with Gasteiger partial charge in [0.15, 0.2) is 5.79 Å². The second-order valence-corrected chi connectivity index (χ2v) is 9.29. The summed E-state index contributed by atoms with van der Waals surface area (Å²) in [6.45, 7) is 0.803. The first kappa shape index (κ1) is 17.6. The lowest BCUT2D eigenvalue weighted by atomic mass is 9.47. The zero-order valence-electron chi connectivity index (χ0n) is 13.4. The van der Waals surface area contributed by atoms with Gasteiger partial charge in [0, 0.05) is 17.3 Å². The van der Waals surface area contributed by atoms with Crippen molar-refractivity contribution in [2.45, 2.75) is 43.1 Å². The van der Waals surface area contributed by atoms with Crippen molar-refractivity contribution >= 4 is 16.1 Å². The molecule has 2 atom stereocenters. The predicted octanol–water partition coefficient (Wildman–Crippen LogP) is 1.58. The Morgan fingerprint density at radius 3 is 2.24 bits per heavy atom. The summed E-state index contributed by atoms with van der Waals surface area (Å²) >= 11 is 0. The Balaban J connectivity index is 1.49. The maximum atomic E-state index is 13.4. The second kappa shape index (κ2) is 5.34. The van der Waals surface area contributed by atoms with Crippen LogP contribution in [-0.4, -0.2) is 49.8 Å². The van der Waals surface area contributed by atoms with Crippen LogP contribution in [-0.2, 0) is 29.1 Å². The quantitative estimate of drug-likeness (QED) is 0.582. The van der Waals surface area contributed by atoms with Gasteiger partial charge in [-0.3, -0.25) is 4.55 Å². The van der Waals surface area contributed by atoms with E-state index in [0.29, 0.717) is 32.0 Å². The molecule has 5 rings (SSSR count). The van der Waals surface area contributed by atoms with E-state index in [1.165, 1.54) is 0 Å². The standard InChI is InChI=1S/C15H20F2O7S/c16-15(17,25(19,20)21)12(18)22-8-13-5-9-3-10(6-13)14(11(4-9)7-13)23-1-2-24-14/h9-11H,1-8H2,(H,19,20,21). The molecule has 1 N–H and O–H groups in total. The highest BCUT2D eigenvalue weighted by Gasteiger charge is 2.65. The van der Waals surface area contributed by atoms with Crippen molar-refractivity contribution in [2.75, 3.05) is 19.8 Å². The van der Waals surface area contributed by atoms with E-state index in [1.54, 1.807) is 0 Å². The third kappa shape index (κ3) is 2.52. The van der Waals surface area contributed by atoms with E-state index in [1.807, 2.05) is 0 Å². The Kier molecular flexibility index (Phi) is 3.75. The summed E-state index contributed by atoms with van der Waals surface area (Å²) in [7, 11) is -5.85. The third-order valence-electron chi connectivity index (χ3n) is 6.26. The fourth-order valence-electron chi connectivity index (χ4n) is 5.59. The smallest absolute Gasteiger partial charge is 0.460 e. The van der Waals surface area contributed by atoms with Gasteiger partial charge in [-0.1, -0.05) is 0 Å². The van der Waals surface area contributed by atoms with E-state index in [-0.39, 0.29) is 18.4 Å². The molecule has 0 aromatic rings. The number of esters is 1. The van der Waals surface area contributed by atoms with Crippen molar-refractivity contribution in [1.82, 2.24) is 0 Å². The lowest BCUT2D eigenvalue weighted by Crippen LogP contribution is -2.62. The van der Waals surface area contributed by atoms with Gasteiger partial charge in [-0.2, -0.15) is 17.2 Å². The van der Waals surface area contributed by atoms with Gasteiger partial charge in [-0.15, -0.1) is 0 Å². The summed E-state index contributed by atoms with van der Waals surface area (Å²) < 4.78 is 73.1. The molecule has 0 amide bonds. The first-order valence-corrected chi connectivity index (χ1v) is 9.82. The molecule has 4 bridgehead atoms. The summed E-state index contributed by atoms with van der Waals surface area (Å²) in [6, 6.07) is 0. The Bertz CT molecular complexity index is 668. The molecule has 2 unspecified atom stereocenters. The first-order valence-electron chi connectivity index (χ1n) is 8.38. The molecule has 0 radical (unpaired) electrons. The van der Waals surface area contributed by atoms with Crippen LogP contribution in [0.3, 0.4) is 0 Å². The van der Waals surface area contributed by atoms with Crippen molar-refractivity contribution in [3.8, 4) is 0 Å². The van der Waals surface area contributed by atoms with Crippen molar-refractivity contribution in [2.24, 2.45) is 23.2 Å². The molecule has 0 aromatic heterocycles. The molecular weight excluding hydrogens is 362 g/mol. The van der Waals surface area contributed by atoms with Gasteiger partial charge < -0.3 is 14.2 Å². The highest BCUT2D eigenvalue weighted by Crippen LogP contribution is 2.65. The van der Waals surface area contributed by atoms with Crippen LogP contribution >= 0.6 is 0 Å². The van der Waals surface area contributed by atoms with Crippen LogP contribution in [0.1, 0.15) is 32.1 Å². The summed E-state index contributed by atoms with van der Waals surface area (Å²) in [5, 5.41) is -4.95. The van der Waals surface area contributed by atoms with E-state index in [4.69, 9.17) is 14.0 Å². The Morgan fingerprint density at radius 2 is 1.72 bits per heavy atom. The van der Waals surface area contributed by atoms with Crippen molar-refractivity contribution in [3.63, 3.8) is 0 Å². The first-order chi connectivity index (χ1) is 11.6. The molecule has 5 aliphatic rings. The Labute approximate surface area is 143 Å². The van der Waals surface area contributed by atoms with Crippen LogP contribution in [0.15, 0.2) is 0 Å². The van der Waals surface area contributed by atoms with Crippen molar-refractivity contribution in [1.29, 1.82) is 0 Å². The lowest BCUT2D eigenvalue weighted by molar-refractivity contribution is -0.306. The van der Waals surface area contributed by atoms with Crippen LogP contribution in [0.2, 0.25) is 0 Å². The zero-order chi connectivity index (χ0) is 18.1. The Hall–Kier alpha value is -0.840. The van der Waals surface area contributed by atoms with Crippen LogP contribution in [0.25, 0.3) is 0 Å². The van der Waals surface area contributed by atoms with Gasteiger partial charge in [0.2, 0.25) is 0 Å². The van der Waals surface area contributed by atoms with E-state index >= 15 is 0 Å². The number of rotatable bonds is 4. The summed E-state index contributed by atoms with van der Waals surface area (Å²) in [5.74, 6) is -2.17. The number of ether oxygens (including phenoxy) is 3. The molecule has 1 spiro atoms. The van der Waals surface area contributed by atoms with Gasteiger partial charge in [-0.25, -0.2) is 4.79 Å². The van der Waals surface area contributed by atoms with E-state index < -0.39 is 32.5 Å². The molecule has 25 heavy (non-hydrogen) atoms. The van der Waals surface area contributed by atoms with Crippen molar-refractivity contribution in [3.05, 3.63) is 0 Å². The van der Waals surface area contributed by atoms with Gasteiger partial charge in [0.1, 0.15) is 0 Å². The number of carbonyl (C=O) groups excluding carboxylic acids is 1. The summed E-state index contributed by atoms with van der Waals surface area (Å²) in [6.07, 6.45) is 3.89. The molecule has 1 saturated heterocycles. The second-order valence-electron chi connectivity index (χ2n) is 7.83. The Morgan fingerprint density at radius 1 is 1.16 bits per heavy atom. The van der Waals surface area contributed by atoms with Gasteiger partial charge in [0.05, 0.1) is 19.8 Å². The zero-order valence-corrected chi connectivity index (χ0v) is 14.3. The summed E-state index contributed by atoms with van der Waals surface area (Å²) in [4.78, 5) is 11.5. The van der Waals surface area contributed by atoms with E-state index in [2.05, 4.69) is 4.74 Å². The number of hydrogen-bond donors (Lipinski definition) is 1. The van der Waals surface area contributed by atoms with Crippen LogP contribution in [0.4, 0.5) is 8.78 Å². The molecule has 10 heteroatoms. The number of carbonyl (C=O) groups is 1. The molecule has 4 aliphatic carbocycles. The molecule has 5 fully saturated rings. The molecule has 4 saturated carbocycles. The fraction of sp³-hybridized carbons (Fsp3) is 0.933. The minimum Gasteiger partial charge on any atom is -0.460 e. The normalized spacial score (nSPS) is 39.1. The average molecular weight is 382 g/mol. The molecular formula is C15H20F2O7S. The summed E-state index contributed by atoms with van der Waals surface area (Å²) in [5.41, 5.74) is -0.456. The van der Waals surface area contributed by atoms with Crippen LogP contribution in [0.5, 0.6) is 0 Å². The van der Waals surface area contributed by atoms with E-state index in [0.717, 1.165) is 19.3 Å². The molecule has 142 valence electrons. The molecule has 0 aromatic carbocycles. The minimum atomic E-state index is -5.85. The van der Waals surface area contributed by atoms with Crippen LogP contribution < -0.4 is 0 Å². The van der Waals surface area contributed by atoms with Crippen molar-refractivity contribution < 1.29 is 40.8 Å². The number of hydrogen-bond acceptors (Lipinski definition) is 6. The molecule has 7 nitrogen and oxygen atoms in total. The maximum Gasteiger partial charge on any atom is 0.465 e. The third-order valence-corrected chi connectivity index (χ3v) is 7.08. The number of halogens is 2. The number of alkyl halides is 2. The maximum absolute atomic E-state index is 13.4. The van der Waals surface area contributed by atoms with E-state index in [9.17, 15) is 22.0 Å². The topological polar surface area (TPSA) is 99.1 Å². The lowest BCUT2D eigenvalue weighted by Gasteiger charge is -2.62. The minimum absolute atomic E-state index is 0.127. The van der Waals surface area contributed by atoms with Gasteiger partial charge in [-0.05, 0) is 38.0 Å². The van der Waals surface area contributed by atoms with Gasteiger partial charge >= 0.3 is 21.3 Å². The molecule has 1 heterocycles. The molecule has 1 aliphatic heterocycles. The monoisotopic (exact) mass is 382 g/mol. The van der Waals surface area contributed by atoms with Gasteiger partial charge in [0.25, 0.3) is 0 Å². The highest BCUT2D eigenvalue weighted by molar-refractivity contribution is 7.87. The fourth-order valence-corrected chi connectivity index (χ4v) is 5.86. The predicted molar refractivity (Wildman–Crippen MR) is 78.1 cm³/mol. The van der Waals surface area contributed by atoms with Crippen LogP contribution in [0, 0.1) is 23.2 Å². The largest absolute Gasteiger partial charge is 0.465 e. The SMILES string of the molecule is O=C(OCC12CC3CC(C1)C1(OCCO1)C(C3)C2)C(F)(F)S(=O)(=O)O.